The van der Waals surface area contributed by atoms with Crippen molar-refractivity contribution in [2.45, 2.75) is 18.9 Å². The Kier molecular flexibility index (Phi) is 5.96. The summed E-state index contributed by atoms with van der Waals surface area (Å²) in [5.41, 5.74) is -0.0904. The molecule has 7 nitrogen and oxygen atoms in total. The summed E-state index contributed by atoms with van der Waals surface area (Å²) >= 11 is 0. The first kappa shape index (κ1) is 20.1. The fraction of sp³-hybridized carbons (Fsp3) is 0.200. The van der Waals surface area contributed by atoms with Crippen LogP contribution in [0.15, 0.2) is 65.1 Å². The number of alkyl halides is 2. The summed E-state index contributed by atoms with van der Waals surface area (Å²) in [5.74, 6) is -6.61. The van der Waals surface area contributed by atoms with E-state index in [9.17, 15) is 18.4 Å². The Morgan fingerprint density at radius 2 is 1.69 bits per heavy atom. The summed E-state index contributed by atoms with van der Waals surface area (Å²) in [4.78, 5) is 24.7. The molecule has 1 N–H and O–H groups in total. The molecule has 1 amide bonds. The lowest BCUT2D eigenvalue weighted by Crippen LogP contribution is -2.35. The average Bonchev–Trinajstić information content (AvgIpc) is 3.24. The van der Waals surface area contributed by atoms with Gasteiger partial charge in [0.1, 0.15) is 0 Å². The second kappa shape index (κ2) is 8.59. The summed E-state index contributed by atoms with van der Waals surface area (Å²) in [5, 5.41) is 9.31. The Morgan fingerprint density at radius 3 is 2.31 bits per heavy atom. The Labute approximate surface area is 164 Å². The largest absolute Gasteiger partial charge is 0.464 e. The fourth-order valence-electron chi connectivity index (χ4n) is 2.50. The van der Waals surface area contributed by atoms with Crippen LogP contribution in [0.5, 0.6) is 0 Å². The Hall–Kier alpha value is -3.62. The molecule has 150 valence electrons. The first-order chi connectivity index (χ1) is 13.9. The maximum Gasteiger partial charge on any atom is 0.349 e. The molecule has 0 aliphatic carbocycles. The van der Waals surface area contributed by atoms with Gasteiger partial charge < -0.3 is 14.5 Å². The van der Waals surface area contributed by atoms with E-state index in [1.165, 1.54) is 36.4 Å². The normalized spacial score (nSPS) is 12.2. The Balaban J connectivity index is 1.89. The number of halogens is 2. The summed E-state index contributed by atoms with van der Waals surface area (Å²) in [7, 11) is 0. The van der Waals surface area contributed by atoms with E-state index in [0.717, 1.165) is 0 Å². The fourth-order valence-corrected chi connectivity index (χ4v) is 2.50. The summed E-state index contributed by atoms with van der Waals surface area (Å²) in [6, 6.07) is 13.4. The third-order valence-electron chi connectivity index (χ3n) is 3.93. The van der Waals surface area contributed by atoms with Crippen molar-refractivity contribution in [2.24, 2.45) is 0 Å². The highest BCUT2D eigenvalue weighted by Crippen LogP contribution is 2.35. The van der Waals surface area contributed by atoms with Gasteiger partial charge in [-0.1, -0.05) is 48.5 Å². The van der Waals surface area contributed by atoms with E-state index in [1.54, 1.807) is 31.2 Å². The van der Waals surface area contributed by atoms with Crippen molar-refractivity contribution in [3.05, 3.63) is 83.6 Å². The van der Waals surface area contributed by atoms with Crippen molar-refractivity contribution in [2.75, 3.05) is 6.61 Å². The smallest absolute Gasteiger partial charge is 0.349 e. The Bertz CT molecular complexity index is 978. The molecule has 9 heteroatoms. The van der Waals surface area contributed by atoms with Gasteiger partial charge in [-0.25, -0.2) is 4.79 Å². The minimum absolute atomic E-state index is 0.0116. The Morgan fingerprint density at radius 1 is 1.07 bits per heavy atom. The van der Waals surface area contributed by atoms with Crippen LogP contribution in [0.25, 0.3) is 0 Å². The molecule has 3 rings (SSSR count). The third-order valence-corrected chi connectivity index (χ3v) is 3.93. The number of ether oxygens (including phenoxy) is 1. The number of nitrogens with one attached hydrogen (secondary N) is 1. The highest BCUT2D eigenvalue weighted by atomic mass is 19.3. The van der Waals surface area contributed by atoms with E-state index < -0.39 is 35.6 Å². The topological polar surface area (TPSA) is 94.3 Å². The van der Waals surface area contributed by atoms with Gasteiger partial charge >= 0.3 is 11.9 Å². The van der Waals surface area contributed by atoms with Crippen molar-refractivity contribution < 1.29 is 27.5 Å². The van der Waals surface area contributed by atoms with Gasteiger partial charge in [-0.15, -0.1) is 10.2 Å². The van der Waals surface area contributed by atoms with Crippen LogP contribution in [0, 0.1) is 0 Å². The molecule has 0 aliphatic heterocycles. The van der Waals surface area contributed by atoms with E-state index in [1.807, 2.05) is 0 Å². The van der Waals surface area contributed by atoms with E-state index >= 15 is 0 Å². The molecule has 0 spiro atoms. The molecule has 3 aromatic rings. The molecule has 1 unspecified atom stereocenters. The van der Waals surface area contributed by atoms with E-state index in [2.05, 4.69) is 15.5 Å². The number of benzene rings is 2. The van der Waals surface area contributed by atoms with Gasteiger partial charge in [0, 0.05) is 11.1 Å². The average molecular weight is 401 g/mol. The lowest BCUT2D eigenvalue weighted by atomic mass is 10.1. The number of rotatable bonds is 7. The van der Waals surface area contributed by atoms with Crippen LogP contribution >= 0.6 is 0 Å². The van der Waals surface area contributed by atoms with Crippen molar-refractivity contribution in [1.29, 1.82) is 0 Å². The van der Waals surface area contributed by atoms with Crippen LogP contribution in [0.1, 0.15) is 40.7 Å². The molecule has 0 saturated heterocycles. The van der Waals surface area contributed by atoms with Gasteiger partial charge in [-0.05, 0) is 19.1 Å². The number of carbonyl (C=O) groups excluding carboxylic acids is 2. The number of aromatic nitrogens is 2. The van der Waals surface area contributed by atoms with Gasteiger partial charge in [-0.2, -0.15) is 8.78 Å². The van der Waals surface area contributed by atoms with Crippen LogP contribution in [0.4, 0.5) is 8.78 Å². The molecule has 0 fully saturated rings. The molecular weight excluding hydrogens is 384 g/mol. The predicted octanol–water partition coefficient (Wildman–Crippen LogP) is 3.24. The van der Waals surface area contributed by atoms with Crippen LogP contribution in [0.3, 0.4) is 0 Å². The molecular formula is C20H17F2N3O4. The minimum atomic E-state index is -3.57. The molecule has 0 radical (unpaired) electrons. The van der Waals surface area contributed by atoms with Gasteiger partial charge in [0.25, 0.3) is 17.7 Å². The molecule has 0 saturated carbocycles. The van der Waals surface area contributed by atoms with Crippen molar-refractivity contribution >= 4 is 11.9 Å². The highest BCUT2D eigenvalue weighted by Gasteiger charge is 2.42. The lowest BCUT2D eigenvalue weighted by Gasteiger charge is -2.15. The van der Waals surface area contributed by atoms with Gasteiger partial charge in [0.15, 0.2) is 0 Å². The zero-order valence-corrected chi connectivity index (χ0v) is 15.3. The van der Waals surface area contributed by atoms with Crippen molar-refractivity contribution in [3.63, 3.8) is 0 Å². The SMILES string of the molecule is CCOC(=O)C(NC(=O)c1ccccc1)c1nnc(C(F)(F)c2ccccc2)o1. The number of carbonyl (C=O) groups is 2. The quantitative estimate of drug-likeness (QED) is 0.611. The lowest BCUT2D eigenvalue weighted by molar-refractivity contribution is -0.146. The summed E-state index contributed by atoms with van der Waals surface area (Å²) < 4.78 is 39.3. The predicted molar refractivity (Wildman–Crippen MR) is 97.0 cm³/mol. The number of esters is 1. The van der Waals surface area contributed by atoms with Crippen molar-refractivity contribution in [1.82, 2.24) is 15.5 Å². The zero-order valence-electron chi connectivity index (χ0n) is 15.3. The third kappa shape index (κ3) is 4.45. The second-order valence-corrected chi connectivity index (χ2v) is 5.91. The number of hydrogen-bond donors (Lipinski definition) is 1. The first-order valence-electron chi connectivity index (χ1n) is 8.73. The molecule has 1 heterocycles. The summed E-state index contributed by atoms with van der Waals surface area (Å²) in [6.07, 6.45) is 0. The van der Waals surface area contributed by atoms with Crippen LogP contribution in [0.2, 0.25) is 0 Å². The molecule has 1 aromatic heterocycles. The van der Waals surface area contributed by atoms with E-state index in [-0.39, 0.29) is 17.7 Å². The number of nitrogens with zero attached hydrogens (tertiary/aromatic N) is 2. The van der Waals surface area contributed by atoms with Gasteiger partial charge in [0.05, 0.1) is 6.61 Å². The van der Waals surface area contributed by atoms with Gasteiger partial charge in [-0.3, -0.25) is 4.79 Å². The molecule has 0 bridgehead atoms. The van der Waals surface area contributed by atoms with Crippen LogP contribution in [-0.2, 0) is 15.5 Å². The molecule has 0 aliphatic rings. The standard InChI is InChI=1S/C20H17F2N3O4/c1-2-28-18(27)15(23-16(26)13-9-5-3-6-10-13)17-24-25-19(29-17)20(21,22)14-11-7-4-8-12-14/h3-12,15H,2H2,1H3,(H,23,26). The first-order valence-corrected chi connectivity index (χ1v) is 8.73. The minimum Gasteiger partial charge on any atom is -0.464 e. The molecule has 29 heavy (non-hydrogen) atoms. The summed E-state index contributed by atoms with van der Waals surface area (Å²) in [6.45, 7) is 1.58. The van der Waals surface area contributed by atoms with E-state index in [4.69, 9.17) is 9.15 Å². The maximum absolute atomic E-state index is 14.6. The molecule has 2 aromatic carbocycles. The van der Waals surface area contributed by atoms with Crippen molar-refractivity contribution in [3.8, 4) is 0 Å². The second-order valence-electron chi connectivity index (χ2n) is 5.91. The maximum atomic E-state index is 14.6. The van der Waals surface area contributed by atoms with Crippen LogP contribution < -0.4 is 5.32 Å². The highest BCUT2D eigenvalue weighted by molar-refractivity contribution is 5.96. The van der Waals surface area contributed by atoms with E-state index in [0.29, 0.717) is 0 Å². The van der Waals surface area contributed by atoms with Gasteiger partial charge in [0.2, 0.25) is 6.04 Å². The number of hydrogen-bond acceptors (Lipinski definition) is 6. The monoisotopic (exact) mass is 401 g/mol. The molecule has 1 atom stereocenters. The zero-order chi connectivity index (χ0) is 20.9. The van der Waals surface area contributed by atoms with Crippen LogP contribution in [-0.4, -0.2) is 28.7 Å². The number of amides is 1.